The quantitative estimate of drug-likeness (QED) is 0.619. The molecule has 1 aromatic rings. The fourth-order valence-electron chi connectivity index (χ4n) is 1.69. The SMILES string of the molecule is C[C@@H]1CCCN1c1ncn(C)n1. The van der Waals surface area contributed by atoms with E-state index in [1.54, 1.807) is 11.0 Å². The predicted molar refractivity (Wildman–Crippen MR) is 47.0 cm³/mol. The van der Waals surface area contributed by atoms with Crippen molar-refractivity contribution < 1.29 is 0 Å². The second-order valence-corrected chi connectivity index (χ2v) is 3.40. The minimum atomic E-state index is 0.604. The summed E-state index contributed by atoms with van der Waals surface area (Å²) in [7, 11) is 1.90. The van der Waals surface area contributed by atoms with E-state index in [0.29, 0.717) is 6.04 Å². The first-order valence-corrected chi connectivity index (χ1v) is 4.39. The van der Waals surface area contributed by atoms with Crippen molar-refractivity contribution in [3.8, 4) is 0 Å². The summed E-state index contributed by atoms with van der Waals surface area (Å²) in [4.78, 5) is 6.49. The predicted octanol–water partition coefficient (Wildman–Crippen LogP) is 0.804. The summed E-state index contributed by atoms with van der Waals surface area (Å²) < 4.78 is 1.75. The molecule has 0 amide bonds. The maximum Gasteiger partial charge on any atom is 0.244 e. The van der Waals surface area contributed by atoms with Crippen LogP contribution in [0, 0.1) is 0 Å². The molecule has 1 atom stereocenters. The Morgan fingerprint density at radius 3 is 2.92 bits per heavy atom. The molecule has 4 nitrogen and oxygen atoms in total. The second-order valence-electron chi connectivity index (χ2n) is 3.40. The van der Waals surface area contributed by atoms with Gasteiger partial charge in [-0.15, -0.1) is 5.10 Å². The van der Waals surface area contributed by atoms with Gasteiger partial charge >= 0.3 is 0 Å². The Morgan fingerprint density at radius 1 is 1.58 bits per heavy atom. The van der Waals surface area contributed by atoms with Crippen LogP contribution >= 0.6 is 0 Å². The molecule has 0 saturated carbocycles. The molecule has 2 rings (SSSR count). The van der Waals surface area contributed by atoms with E-state index in [1.807, 2.05) is 7.05 Å². The standard InChI is InChI=1S/C8H14N4/c1-7-4-3-5-12(7)8-9-6-11(2)10-8/h6-7H,3-5H2,1-2H3/t7-/m1/s1. The molecule has 12 heavy (non-hydrogen) atoms. The molecule has 1 saturated heterocycles. The van der Waals surface area contributed by atoms with Gasteiger partial charge in [-0.2, -0.15) is 0 Å². The second kappa shape index (κ2) is 2.77. The number of hydrogen-bond donors (Lipinski definition) is 0. The molecule has 0 radical (unpaired) electrons. The van der Waals surface area contributed by atoms with Crippen LogP contribution < -0.4 is 4.90 Å². The number of anilines is 1. The lowest BCUT2D eigenvalue weighted by Crippen LogP contribution is -2.27. The van der Waals surface area contributed by atoms with Crippen LogP contribution in [-0.2, 0) is 7.05 Å². The first-order valence-electron chi connectivity index (χ1n) is 4.39. The highest BCUT2D eigenvalue weighted by atomic mass is 15.4. The van der Waals surface area contributed by atoms with E-state index in [2.05, 4.69) is 21.9 Å². The first-order chi connectivity index (χ1) is 5.77. The summed E-state index contributed by atoms with van der Waals surface area (Å²) >= 11 is 0. The van der Waals surface area contributed by atoms with Crippen molar-refractivity contribution in [2.45, 2.75) is 25.8 Å². The Hall–Kier alpha value is -1.06. The van der Waals surface area contributed by atoms with Gasteiger partial charge < -0.3 is 4.90 Å². The molecule has 1 aromatic heterocycles. The summed E-state index contributed by atoms with van der Waals surface area (Å²) in [5.41, 5.74) is 0. The summed E-state index contributed by atoms with van der Waals surface area (Å²) in [5.74, 6) is 0.877. The van der Waals surface area contributed by atoms with Crippen LogP contribution in [-0.4, -0.2) is 27.4 Å². The van der Waals surface area contributed by atoms with Crippen molar-refractivity contribution >= 4 is 5.95 Å². The highest BCUT2D eigenvalue weighted by molar-refractivity contribution is 5.30. The van der Waals surface area contributed by atoms with Gasteiger partial charge in [0.15, 0.2) is 0 Å². The normalized spacial score (nSPS) is 23.5. The van der Waals surface area contributed by atoms with Gasteiger partial charge in [-0.05, 0) is 19.8 Å². The van der Waals surface area contributed by atoms with E-state index in [0.717, 1.165) is 12.5 Å². The van der Waals surface area contributed by atoms with Gasteiger partial charge in [0.25, 0.3) is 0 Å². The van der Waals surface area contributed by atoms with Crippen LogP contribution in [0.1, 0.15) is 19.8 Å². The van der Waals surface area contributed by atoms with Gasteiger partial charge in [-0.25, -0.2) is 4.98 Å². The zero-order valence-electron chi connectivity index (χ0n) is 7.56. The molecule has 0 unspecified atom stereocenters. The largest absolute Gasteiger partial charge is 0.337 e. The Morgan fingerprint density at radius 2 is 2.42 bits per heavy atom. The maximum atomic E-state index is 4.27. The Balaban J connectivity index is 2.19. The van der Waals surface area contributed by atoms with Crippen molar-refractivity contribution in [2.24, 2.45) is 7.05 Å². The minimum Gasteiger partial charge on any atom is -0.337 e. The van der Waals surface area contributed by atoms with Gasteiger partial charge in [0.1, 0.15) is 6.33 Å². The van der Waals surface area contributed by atoms with Crippen LogP contribution in [0.3, 0.4) is 0 Å². The van der Waals surface area contributed by atoms with Crippen molar-refractivity contribution in [2.75, 3.05) is 11.4 Å². The molecule has 0 aliphatic carbocycles. The topological polar surface area (TPSA) is 34.0 Å². The summed E-state index contributed by atoms with van der Waals surface area (Å²) in [6.45, 7) is 3.33. The number of nitrogens with zero attached hydrogens (tertiary/aromatic N) is 4. The molecule has 0 N–H and O–H groups in total. The highest BCUT2D eigenvalue weighted by Crippen LogP contribution is 2.20. The van der Waals surface area contributed by atoms with Crippen LogP contribution in [0.15, 0.2) is 6.33 Å². The Bertz CT molecular complexity index is 268. The third-order valence-corrected chi connectivity index (χ3v) is 2.40. The first kappa shape index (κ1) is 7.58. The molecular formula is C8H14N4. The summed E-state index contributed by atoms with van der Waals surface area (Å²) in [6, 6.07) is 0.604. The highest BCUT2D eigenvalue weighted by Gasteiger charge is 2.22. The maximum absolute atomic E-state index is 4.27. The third-order valence-electron chi connectivity index (χ3n) is 2.40. The van der Waals surface area contributed by atoms with Crippen LogP contribution in [0.4, 0.5) is 5.95 Å². The zero-order valence-corrected chi connectivity index (χ0v) is 7.56. The lowest BCUT2D eigenvalue weighted by atomic mass is 10.2. The average Bonchev–Trinajstić information content (AvgIpc) is 2.58. The van der Waals surface area contributed by atoms with E-state index in [1.165, 1.54) is 12.8 Å². The lowest BCUT2D eigenvalue weighted by Gasteiger charge is -2.18. The van der Waals surface area contributed by atoms with Gasteiger partial charge in [0, 0.05) is 19.6 Å². The molecule has 0 aromatic carbocycles. The fraction of sp³-hybridized carbons (Fsp3) is 0.750. The van der Waals surface area contributed by atoms with Crippen LogP contribution in [0.2, 0.25) is 0 Å². The molecule has 0 spiro atoms. The van der Waals surface area contributed by atoms with E-state index in [4.69, 9.17) is 0 Å². The van der Waals surface area contributed by atoms with Gasteiger partial charge in [0.05, 0.1) is 0 Å². The van der Waals surface area contributed by atoms with Crippen molar-refractivity contribution in [1.82, 2.24) is 14.8 Å². The van der Waals surface area contributed by atoms with E-state index >= 15 is 0 Å². The molecule has 2 heterocycles. The molecule has 66 valence electrons. The molecule has 4 heteroatoms. The van der Waals surface area contributed by atoms with E-state index in [9.17, 15) is 0 Å². The fourth-order valence-corrected chi connectivity index (χ4v) is 1.69. The number of hydrogen-bond acceptors (Lipinski definition) is 3. The summed E-state index contributed by atoms with van der Waals surface area (Å²) in [5, 5.41) is 4.27. The molecular weight excluding hydrogens is 152 g/mol. The molecule has 1 aliphatic rings. The smallest absolute Gasteiger partial charge is 0.244 e. The van der Waals surface area contributed by atoms with Crippen LogP contribution in [0.25, 0.3) is 0 Å². The zero-order chi connectivity index (χ0) is 8.55. The Kier molecular flexibility index (Phi) is 1.75. The van der Waals surface area contributed by atoms with E-state index < -0.39 is 0 Å². The van der Waals surface area contributed by atoms with Gasteiger partial charge in [0.2, 0.25) is 5.95 Å². The third kappa shape index (κ3) is 1.17. The Labute approximate surface area is 72.2 Å². The monoisotopic (exact) mass is 166 g/mol. The average molecular weight is 166 g/mol. The van der Waals surface area contributed by atoms with Gasteiger partial charge in [-0.1, -0.05) is 0 Å². The van der Waals surface area contributed by atoms with Crippen molar-refractivity contribution in [1.29, 1.82) is 0 Å². The molecule has 1 fully saturated rings. The lowest BCUT2D eigenvalue weighted by molar-refractivity contribution is 0.701. The van der Waals surface area contributed by atoms with Crippen LogP contribution in [0.5, 0.6) is 0 Å². The van der Waals surface area contributed by atoms with Crippen molar-refractivity contribution in [3.05, 3.63) is 6.33 Å². The molecule has 0 bridgehead atoms. The molecule has 1 aliphatic heterocycles. The minimum absolute atomic E-state index is 0.604. The number of aromatic nitrogens is 3. The number of aryl methyl sites for hydroxylation is 1. The number of rotatable bonds is 1. The van der Waals surface area contributed by atoms with Crippen molar-refractivity contribution in [3.63, 3.8) is 0 Å². The summed E-state index contributed by atoms with van der Waals surface area (Å²) in [6.07, 6.45) is 4.28. The van der Waals surface area contributed by atoms with Gasteiger partial charge in [-0.3, -0.25) is 4.68 Å². The van der Waals surface area contributed by atoms with E-state index in [-0.39, 0.29) is 0 Å².